The van der Waals surface area contributed by atoms with Gasteiger partial charge < -0.3 is 15.6 Å². The summed E-state index contributed by atoms with van der Waals surface area (Å²) in [6.07, 6.45) is 1.99. The summed E-state index contributed by atoms with van der Waals surface area (Å²) in [5.41, 5.74) is 10.1. The molecular formula is C16H27N3O. The molecule has 1 aliphatic carbocycles. The van der Waals surface area contributed by atoms with Crippen LogP contribution in [0.4, 0.5) is 0 Å². The molecule has 1 unspecified atom stereocenters. The largest absolute Gasteiger partial charge is 0.352 e. The quantitative estimate of drug-likeness (QED) is 0.890. The first kappa shape index (κ1) is 15.1. The molecule has 3 N–H and O–H groups in total. The second kappa shape index (κ2) is 5.24. The van der Waals surface area contributed by atoms with Crippen molar-refractivity contribution in [2.45, 2.75) is 66.1 Å². The van der Waals surface area contributed by atoms with Crippen LogP contribution in [0.3, 0.4) is 0 Å². The molecular weight excluding hydrogens is 250 g/mol. The Kier molecular flexibility index (Phi) is 3.96. The summed E-state index contributed by atoms with van der Waals surface area (Å²) in [6.45, 7) is 10.9. The molecule has 0 saturated heterocycles. The smallest absolute Gasteiger partial charge is 0.240 e. The summed E-state index contributed by atoms with van der Waals surface area (Å²) in [6, 6.07) is 2.41. The van der Waals surface area contributed by atoms with E-state index < -0.39 is 0 Å². The van der Waals surface area contributed by atoms with Crippen molar-refractivity contribution >= 4 is 5.91 Å². The number of nitrogens with one attached hydrogen (secondary N) is 1. The molecule has 1 heterocycles. The molecule has 1 amide bonds. The van der Waals surface area contributed by atoms with E-state index in [1.54, 1.807) is 0 Å². The van der Waals surface area contributed by atoms with Crippen LogP contribution in [0.5, 0.6) is 0 Å². The molecule has 0 radical (unpaired) electrons. The fourth-order valence-corrected chi connectivity index (χ4v) is 3.24. The number of nitrogens with zero attached hydrogens (tertiary/aromatic N) is 1. The number of hydrogen-bond donors (Lipinski definition) is 2. The normalized spacial score (nSPS) is 20.9. The standard InChI is InChI=1S/C16H27N3O/c1-10(2)18-15(20)9-19-11(3)6-12-13(17)7-16(4,5)8-14(12)19/h6,10,13H,7-9,17H2,1-5H3,(H,18,20). The number of carbonyl (C=O) groups is 1. The number of hydrogen-bond acceptors (Lipinski definition) is 2. The Morgan fingerprint density at radius 2 is 2.20 bits per heavy atom. The van der Waals surface area contributed by atoms with Gasteiger partial charge in [0.25, 0.3) is 0 Å². The minimum atomic E-state index is 0.0680. The second-order valence-corrected chi connectivity index (χ2v) is 7.15. The molecule has 0 bridgehead atoms. The number of fused-ring (bicyclic) bond motifs is 1. The maximum Gasteiger partial charge on any atom is 0.240 e. The van der Waals surface area contributed by atoms with Gasteiger partial charge in [-0.3, -0.25) is 4.79 Å². The summed E-state index contributed by atoms with van der Waals surface area (Å²) in [5, 5.41) is 2.96. The van der Waals surface area contributed by atoms with Crippen molar-refractivity contribution < 1.29 is 4.79 Å². The van der Waals surface area contributed by atoms with Gasteiger partial charge in [-0.05, 0) is 50.7 Å². The maximum absolute atomic E-state index is 12.0. The van der Waals surface area contributed by atoms with E-state index >= 15 is 0 Å². The zero-order valence-electron chi connectivity index (χ0n) is 13.3. The fourth-order valence-electron chi connectivity index (χ4n) is 3.24. The summed E-state index contributed by atoms with van der Waals surface area (Å²) in [4.78, 5) is 12.0. The van der Waals surface area contributed by atoms with Gasteiger partial charge in [-0.1, -0.05) is 13.8 Å². The van der Waals surface area contributed by atoms with Crippen LogP contribution >= 0.6 is 0 Å². The van der Waals surface area contributed by atoms with Gasteiger partial charge in [0.2, 0.25) is 5.91 Å². The fraction of sp³-hybridized carbons (Fsp3) is 0.688. The van der Waals surface area contributed by atoms with Crippen LogP contribution in [0.15, 0.2) is 6.07 Å². The topological polar surface area (TPSA) is 60.0 Å². The van der Waals surface area contributed by atoms with Crippen LogP contribution in [0.2, 0.25) is 0 Å². The molecule has 1 aromatic rings. The van der Waals surface area contributed by atoms with E-state index in [-0.39, 0.29) is 23.4 Å². The number of amides is 1. The molecule has 2 rings (SSSR count). The minimum absolute atomic E-state index is 0.0680. The predicted octanol–water partition coefficient (Wildman–Crippen LogP) is 2.29. The van der Waals surface area contributed by atoms with E-state index in [9.17, 15) is 4.79 Å². The molecule has 4 heteroatoms. The van der Waals surface area contributed by atoms with Crippen molar-refractivity contribution in [1.82, 2.24) is 9.88 Å². The summed E-state index contributed by atoms with van der Waals surface area (Å²) in [5.74, 6) is 0.0680. The van der Waals surface area contributed by atoms with Crippen LogP contribution in [-0.2, 0) is 17.8 Å². The van der Waals surface area contributed by atoms with Crippen molar-refractivity contribution in [2.75, 3.05) is 0 Å². The second-order valence-electron chi connectivity index (χ2n) is 7.15. The average molecular weight is 277 g/mol. The number of rotatable bonds is 3. The van der Waals surface area contributed by atoms with Crippen molar-refractivity contribution in [3.8, 4) is 0 Å². The highest BCUT2D eigenvalue weighted by Crippen LogP contribution is 2.40. The van der Waals surface area contributed by atoms with Crippen LogP contribution in [-0.4, -0.2) is 16.5 Å². The lowest BCUT2D eigenvalue weighted by atomic mass is 9.74. The Morgan fingerprint density at radius 1 is 1.55 bits per heavy atom. The van der Waals surface area contributed by atoms with E-state index in [0.717, 1.165) is 18.5 Å². The highest BCUT2D eigenvalue weighted by molar-refractivity contribution is 5.76. The number of aromatic nitrogens is 1. The van der Waals surface area contributed by atoms with Gasteiger partial charge >= 0.3 is 0 Å². The molecule has 112 valence electrons. The molecule has 20 heavy (non-hydrogen) atoms. The van der Waals surface area contributed by atoms with Crippen molar-refractivity contribution in [3.63, 3.8) is 0 Å². The zero-order valence-corrected chi connectivity index (χ0v) is 13.3. The van der Waals surface area contributed by atoms with Crippen LogP contribution in [0.25, 0.3) is 0 Å². The lowest BCUT2D eigenvalue weighted by Gasteiger charge is -2.34. The Hall–Kier alpha value is -1.29. The van der Waals surface area contributed by atoms with E-state index in [1.807, 2.05) is 13.8 Å². The van der Waals surface area contributed by atoms with E-state index in [2.05, 4.69) is 36.7 Å². The SMILES string of the molecule is Cc1cc2c(n1CC(=O)NC(C)C)CC(C)(C)CC2N. The van der Waals surface area contributed by atoms with Crippen LogP contribution in [0.1, 0.15) is 57.1 Å². The van der Waals surface area contributed by atoms with Gasteiger partial charge in [0, 0.05) is 23.5 Å². The van der Waals surface area contributed by atoms with Crippen molar-refractivity contribution in [2.24, 2.45) is 11.1 Å². The monoisotopic (exact) mass is 277 g/mol. The van der Waals surface area contributed by atoms with E-state index in [1.165, 1.54) is 11.3 Å². The molecule has 0 fully saturated rings. The summed E-state index contributed by atoms with van der Waals surface area (Å²) in [7, 11) is 0. The first-order valence-electron chi connectivity index (χ1n) is 7.43. The number of carbonyl (C=O) groups excluding carboxylic acids is 1. The summed E-state index contributed by atoms with van der Waals surface area (Å²) >= 11 is 0. The first-order valence-corrected chi connectivity index (χ1v) is 7.43. The van der Waals surface area contributed by atoms with Gasteiger partial charge in [-0.25, -0.2) is 0 Å². The van der Waals surface area contributed by atoms with Gasteiger partial charge in [0.15, 0.2) is 0 Å². The predicted molar refractivity (Wildman–Crippen MR) is 81.5 cm³/mol. The van der Waals surface area contributed by atoms with Crippen LogP contribution in [0, 0.1) is 12.3 Å². The van der Waals surface area contributed by atoms with E-state index in [0.29, 0.717) is 6.54 Å². The maximum atomic E-state index is 12.0. The zero-order chi connectivity index (χ0) is 15.1. The van der Waals surface area contributed by atoms with Gasteiger partial charge in [-0.15, -0.1) is 0 Å². The van der Waals surface area contributed by atoms with E-state index in [4.69, 9.17) is 5.73 Å². The Balaban J connectivity index is 2.29. The summed E-state index contributed by atoms with van der Waals surface area (Å²) < 4.78 is 2.13. The van der Waals surface area contributed by atoms with Crippen molar-refractivity contribution in [3.05, 3.63) is 23.0 Å². The Labute approximate surface area is 121 Å². The molecule has 1 aliphatic rings. The highest BCUT2D eigenvalue weighted by atomic mass is 16.2. The third-order valence-electron chi connectivity index (χ3n) is 4.02. The highest BCUT2D eigenvalue weighted by Gasteiger charge is 2.33. The molecule has 0 saturated carbocycles. The third-order valence-corrected chi connectivity index (χ3v) is 4.02. The Bertz CT molecular complexity index is 514. The lowest BCUT2D eigenvalue weighted by molar-refractivity contribution is -0.122. The van der Waals surface area contributed by atoms with Crippen molar-refractivity contribution in [1.29, 1.82) is 0 Å². The number of aryl methyl sites for hydroxylation is 1. The lowest BCUT2D eigenvalue weighted by Crippen LogP contribution is -2.35. The van der Waals surface area contributed by atoms with Crippen LogP contribution < -0.4 is 11.1 Å². The first-order chi connectivity index (χ1) is 9.19. The van der Waals surface area contributed by atoms with Gasteiger partial charge in [0.05, 0.1) is 0 Å². The molecule has 1 atom stereocenters. The minimum Gasteiger partial charge on any atom is -0.352 e. The van der Waals surface area contributed by atoms with Gasteiger partial charge in [0.1, 0.15) is 6.54 Å². The molecule has 0 spiro atoms. The molecule has 4 nitrogen and oxygen atoms in total. The molecule has 0 aromatic carbocycles. The van der Waals surface area contributed by atoms with Gasteiger partial charge in [-0.2, -0.15) is 0 Å². The third kappa shape index (κ3) is 3.06. The molecule has 0 aliphatic heterocycles. The Morgan fingerprint density at radius 3 is 2.80 bits per heavy atom. The molecule has 1 aromatic heterocycles. The number of nitrogens with two attached hydrogens (primary N) is 1. The average Bonchev–Trinajstić information content (AvgIpc) is 2.54.